The Hall–Kier alpha value is -2.58. The summed E-state index contributed by atoms with van der Waals surface area (Å²) in [6.07, 6.45) is 3.12. The van der Waals surface area contributed by atoms with Gasteiger partial charge in [0.2, 0.25) is 5.91 Å². The van der Waals surface area contributed by atoms with Crippen LogP contribution in [0.3, 0.4) is 0 Å². The minimum absolute atomic E-state index is 0.0725. The number of hydrogen-bond donors (Lipinski definition) is 1. The fraction of sp³-hybridized carbons (Fsp3) is 0.560. The third-order valence-electron chi connectivity index (χ3n) is 7.10. The van der Waals surface area contributed by atoms with Crippen molar-refractivity contribution in [2.45, 2.75) is 45.2 Å². The summed E-state index contributed by atoms with van der Waals surface area (Å²) in [4.78, 5) is 44.5. The molecule has 2 heterocycles. The van der Waals surface area contributed by atoms with Crippen LogP contribution < -0.4 is 5.32 Å². The van der Waals surface area contributed by atoms with Crippen LogP contribution in [0.1, 0.15) is 44.7 Å². The highest BCUT2D eigenvalue weighted by molar-refractivity contribution is 6.30. The number of ether oxygens (including phenoxy) is 1. The SMILES string of the molecule is CCOC(=O)C1=C(CN2CCN(C(=O)C3CCC3)C(C)C2)N(C)C(=O)NC1c1ccc(Cl)cc1. The van der Waals surface area contributed by atoms with E-state index in [1.807, 2.05) is 17.0 Å². The highest BCUT2D eigenvalue weighted by Gasteiger charge is 2.39. The average Bonchev–Trinajstić information content (AvgIpc) is 2.76. The molecule has 1 N–H and O–H groups in total. The van der Waals surface area contributed by atoms with Crippen LogP contribution in [-0.4, -0.2) is 78.5 Å². The van der Waals surface area contributed by atoms with E-state index in [0.29, 0.717) is 42.5 Å². The molecule has 3 amide bonds. The number of hydrogen-bond acceptors (Lipinski definition) is 5. The Bertz CT molecular complexity index is 976. The number of nitrogens with zero attached hydrogens (tertiary/aromatic N) is 3. The number of rotatable bonds is 6. The molecule has 9 heteroatoms. The molecule has 1 saturated heterocycles. The van der Waals surface area contributed by atoms with E-state index in [2.05, 4.69) is 17.1 Å². The van der Waals surface area contributed by atoms with Crippen molar-refractivity contribution in [3.05, 3.63) is 46.1 Å². The molecule has 4 rings (SSSR count). The highest BCUT2D eigenvalue weighted by Crippen LogP contribution is 2.33. The average molecular weight is 489 g/mol. The second-order valence-electron chi connectivity index (χ2n) is 9.32. The highest BCUT2D eigenvalue weighted by atomic mass is 35.5. The summed E-state index contributed by atoms with van der Waals surface area (Å²) in [5.74, 6) is -0.00151. The molecule has 2 unspecified atom stereocenters. The van der Waals surface area contributed by atoms with Gasteiger partial charge in [0.25, 0.3) is 0 Å². The van der Waals surface area contributed by atoms with Crippen LogP contribution in [0.25, 0.3) is 0 Å². The first kappa shape index (κ1) is 24.5. The summed E-state index contributed by atoms with van der Waals surface area (Å²) in [5.41, 5.74) is 1.80. The molecule has 8 nitrogen and oxygen atoms in total. The molecule has 1 saturated carbocycles. The number of carbonyl (C=O) groups is 3. The zero-order chi connectivity index (χ0) is 24.4. The molecule has 184 valence electrons. The van der Waals surface area contributed by atoms with Crippen molar-refractivity contribution in [2.24, 2.45) is 5.92 Å². The molecule has 2 aliphatic heterocycles. The minimum atomic E-state index is -0.631. The normalized spacial score (nSPS) is 24.1. The van der Waals surface area contributed by atoms with Crippen LogP contribution in [0, 0.1) is 5.92 Å². The van der Waals surface area contributed by atoms with Crippen LogP contribution in [0.2, 0.25) is 5.02 Å². The Labute approximate surface area is 205 Å². The third-order valence-corrected chi connectivity index (χ3v) is 7.35. The van der Waals surface area contributed by atoms with Gasteiger partial charge >= 0.3 is 12.0 Å². The number of halogens is 1. The van der Waals surface area contributed by atoms with Gasteiger partial charge in [0.15, 0.2) is 0 Å². The maximum absolute atomic E-state index is 13.1. The van der Waals surface area contributed by atoms with Gasteiger partial charge in [-0.3, -0.25) is 14.6 Å². The number of benzene rings is 1. The number of urea groups is 1. The first-order chi connectivity index (χ1) is 16.3. The lowest BCUT2D eigenvalue weighted by atomic mass is 9.84. The van der Waals surface area contributed by atoms with Crippen molar-refractivity contribution >= 4 is 29.5 Å². The van der Waals surface area contributed by atoms with Gasteiger partial charge < -0.3 is 15.0 Å². The van der Waals surface area contributed by atoms with Crippen molar-refractivity contribution < 1.29 is 19.1 Å². The topological polar surface area (TPSA) is 82.2 Å². The molecule has 0 spiro atoms. The van der Waals surface area contributed by atoms with E-state index in [9.17, 15) is 14.4 Å². The Morgan fingerprint density at radius 3 is 2.47 bits per heavy atom. The smallest absolute Gasteiger partial charge is 0.338 e. The van der Waals surface area contributed by atoms with Gasteiger partial charge in [-0.25, -0.2) is 9.59 Å². The van der Waals surface area contributed by atoms with Gasteiger partial charge in [0, 0.05) is 55.9 Å². The first-order valence-corrected chi connectivity index (χ1v) is 12.4. The van der Waals surface area contributed by atoms with E-state index >= 15 is 0 Å². The fourth-order valence-corrected chi connectivity index (χ4v) is 5.03. The maximum Gasteiger partial charge on any atom is 0.338 e. The Morgan fingerprint density at radius 1 is 1.18 bits per heavy atom. The van der Waals surface area contributed by atoms with Gasteiger partial charge in [-0.1, -0.05) is 30.2 Å². The molecule has 1 aromatic carbocycles. The summed E-state index contributed by atoms with van der Waals surface area (Å²) >= 11 is 6.05. The van der Waals surface area contributed by atoms with Gasteiger partial charge in [-0.05, 0) is 44.4 Å². The van der Waals surface area contributed by atoms with Crippen LogP contribution >= 0.6 is 11.6 Å². The van der Waals surface area contributed by atoms with Crippen LogP contribution in [0.4, 0.5) is 4.79 Å². The second kappa shape index (κ2) is 10.4. The van der Waals surface area contributed by atoms with E-state index in [1.165, 1.54) is 4.90 Å². The molecule has 0 radical (unpaired) electrons. The number of amides is 3. The first-order valence-electron chi connectivity index (χ1n) is 12.0. The quantitative estimate of drug-likeness (QED) is 0.622. The molecule has 1 aromatic rings. The van der Waals surface area contributed by atoms with Crippen LogP contribution in [0.15, 0.2) is 35.5 Å². The lowest BCUT2D eigenvalue weighted by Crippen LogP contribution is -2.57. The number of carbonyl (C=O) groups excluding carboxylic acids is 3. The zero-order valence-electron chi connectivity index (χ0n) is 20.1. The number of nitrogens with one attached hydrogen (secondary N) is 1. The van der Waals surface area contributed by atoms with E-state index in [0.717, 1.165) is 24.8 Å². The Morgan fingerprint density at radius 2 is 1.88 bits per heavy atom. The van der Waals surface area contributed by atoms with E-state index < -0.39 is 12.0 Å². The predicted octanol–water partition coefficient (Wildman–Crippen LogP) is 3.19. The fourth-order valence-electron chi connectivity index (χ4n) is 4.91. The van der Waals surface area contributed by atoms with E-state index in [4.69, 9.17) is 16.3 Å². The number of likely N-dealkylation sites (N-methyl/N-ethyl adjacent to an activating group) is 1. The molecule has 0 bridgehead atoms. The molecule has 0 aromatic heterocycles. The van der Waals surface area contributed by atoms with Crippen molar-refractivity contribution in [1.29, 1.82) is 0 Å². The van der Waals surface area contributed by atoms with E-state index in [1.54, 1.807) is 26.1 Å². The minimum Gasteiger partial charge on any atom is -0.463 e. The molecule has 2 fully saturated rings. The summed E-state index contributed by atoms with van der Waals surface area (Å²) < 4.78 is 5.40. The van der Waals surface area contributed by atoms with Gasteiger partial charge in [0.05, 0.1) is 18.2 Å². The van der Waals surface area contributed by atoms with Crippen LogP contribution in [-0.2, 0) is 14.3 Å². The molecular weight excluding hydrogens is 456 g/mol. The van der Waals surface area contributed by atoms with Crippen molar-refractivity contribution in [2.75, 3.05) is 39.8 Å². The van der Waals surface area contributed by atoms with Crippen LogP contribution in [0.5, 0.6) is 0 Å². The summed E-state index contributed by atoms with van der Waals surface area (Å²) in [5, 5.41) is 3.51. The van der Waals surface area contributed by atoms with Crippen molar-refractivity contribution in [3.8, 4) is 0 Å². The lowest BCUT2D eigenvalue weighted by molar-refractivity contribution is -0.142. The third kappa shape index (κ3) is 4.93. The lowest BCUT2D eigenvalue weighted by Gasteiger charge is -2.44. The summed E-state index contributed by atoms with van der Waals surface area (Å²) in [7, 11) is 1.67. The largest absolute Gasteiger partial charge is 0.463 e. The second-order valence-corrected chi connectivity index (χ2v) is 9.75. The Kier molecular flexibility index (Phi) is 7.48. The monoisotopic (exact) mass is 488 g/mol. The van der Waals surface area contributed by atoms with Crippen molar-refractivity contribution in [3.63, 3.8) is 0 Å². The molecule has 3 aliphatic rings. The summed E-state index contributed by atoms with van der Waals surface area (Å²) in [6.45, 7) is 6.49. The zero-order valence-corrected chi connectivity index (χ0v) is 20.8. The van der Waals surface area contributed by atoms with Gasteiger partial charge in [-0.15, -0.1) is 0 Å². The molecule has 2 atom stereocenters. The maximum atomic E-state index is 13.1. The predicted molar refractivity (Wildman–Crippen MR) is 129 cm³/mol. The summed E-state index contributed by atoms with van der Waals surface area (Å²) in [6, 6.07) is 6.25. The molecule has 34 heavy (non-hydrogen) atoms. The number of esters is 1. The van der Waals surface area contributed by atoms with Gasteiger partial charge in [0.1, 0.15) is 0 Å². The Balaban J connectivity index is 1.60. The number of piperazine rings is 1. The van der Waals surface area contributed by atoms with E-state index in [-0.39, 0.29) is 30.5 Å². The molecular formula is C25H33ClN4O4. The van der Waals surface area contributed by atoms with Crippen molar-refractivity contribution in [1.82, 2.24) is 20.0 Å². The van der Waals surface area contributed by atoms with Gasteiger partial charge in [-0.2, -0.15) is 0 Å². The molecule has 1 aliphatic carbocycles. The standard InChI is InChI=1S/C25H33ClN4O4/c1-4-34-24(32)21-20(28(3)25(33)27-22(21)17-8-10-19(26)11-9-17)15-29-12-13-30(16(2)14-29)23(31)18-6-5-7-18/h8-11,16,18,22H,4-7,12-15H2,1-3H3,(H,27,33).